The Hall–Kier alpha value is 1.16. The molecule has 4 rings (SSSR count). The third kappa shape index (κ3) is 40.6. The van der Waals surface area contributed by atoms with Crippen molar-refractivity contribution in [3.63, 3.8) is 0 Å². The molecule has 2 nitrogen and oxygen atoms in total. The Labute approximate surface area is 454 Å². The molecule has 0 N–H and O–H groups in total. The predicted molar refractivity (Wildman–Crippen MR) is 243 cm³/mol. The number of benzene rings is 2. The summed E-state index contributed by atoms with van der Waals surface area (Å²) in [5.74, 6) is 3.61. The van der Waals surface area contributed by atoms with Gasteiger partial charge in [-0.15, -0.1) is 0 Å². The van der Waals surface area contributed by atoms with Gasteiger partial charge in [-0.25, -0.2) is 0 Å². The molecule has 4 atom stereocenters. The van der Waals surface area contributed by atoms with Gasteiger partial charge in [0.1, 0.15) is 0 Å². The molecule has 0 aliphatic heterocycles. The zero-order valence-electron chi connectivity index (χ0n) is 38.9. The summed E-state index contributed by atoms with van der Waals surface area (Å²) >= 11 is 0. The molecule has 0 amide bonds. The van der Waals surface area contributed by atoms with Crippen molar-refractivity contribution in [2.24, 2.45) is 5.92 Å². The van der Waals surface area contributed by atoms with Gasteiger partial charge in [0.2, 0.25) is 0 Å². The molecule has 0 saturated heterocycles. The van der Waals surface area contributed by atoms with Gasteiger partial charge in [-0.2, -0.15) is 0 Å². The minimum absolute atomic E-state index is 0. The van der Waals surface area contributed by atoms with Gasteiger partial charge >= 0.3 is 0 Å². The van der Waals surface area contributed by atoms with Crippen molar-refractivity contribution in [3.8, 4) is 0 Å². The Kier molecular flexibility index (Phi) is 75.7. The maximum atomic E-state index is 4.05. The van der Waals surface area contributed by atoms with E-state index in [4.69, 9.17) is 0 Å². The monoisotopic (exact) mass is 1070 g/mol. The zero-order valence-corrected chi connectivity index (χ0v) is 50.2. The number of pyridine rings is 2. The van der Waals surface area contributed by atoms with E-state index in [0.29, 0.717) is 23.7 Å². The van der Waals surface area contributed by atoms with Crippen molar-refractivity contribution in [1.82, 2.24) is 9.97 Å². The van der Waals surface area contributed by atoms with Crippen LogP contribution < -0.4 is 0 Å². The molecule has 0 aliphatic carbocycles. The van der Waals surface area contributed by atoms with E-state index in [9.17, 15) is 0 Å². The first-order chi connectivity index (χ1) is 22.4. The van der Waals surface area contributed by atoms with E-state index < -0.39 is 0 Å². The summed E-state index contributed by atoms with van der Waals surface area (Å²) in [5.41, 5.74) is 8.35. The number of aryl methyl sites for hydroxylation is 2. The molecular weight excluding hydrogens is 984 g/mol. The van der Waals surface area contributed by atoms with Gasteiger partial charge in [0.25, 0.3) is 0 Å². The molecule has 312 valence electrons. The maximum absolute atomic E-state index is 4.05. The van der Waals surface area contributed by atoms with E-state index in [1.165, 1.54) is 65.5 Å². The van der Waals surface area contributed by atoms with E-state index in [0.717, 1.165) is 5.92 Å². The molecule has 0 aliphatic rings. The Bertz CT molecular complexity index is 1220. The summed E-state index contributed by atoms with van der Waals surface area (Å²) in [4.78, 5) is 8.02. The van der Waals surface area contributed by atoms with Crippen LogP contribution in [0.3, 0.4) is 0 Å². The quantitative estimate of drug-likeness (QED) is 0.156. The fourth-order valence-corrected chi connectivity index (χ4v) is 4.17. The summed E-state index contributed by atoms with van der Waals surface area (Å²) in [6.07, 6.45) is 13.6. The van der Waals surface area contributed by atoms with Crippen LogP contribution in [0.1, 0.15) is 173 Å². The second kappa shape index (κ2) is 52.3. The van der Waals surface area contributed by atoms with Crippen molar-refractivity contribution in [2.45, 2.75) is 153 Å². The minimum atomic E-state index is 0. The topological polar surface area (TPSA) is 25.8 Å². The van der Waals surface area contributed by atoms with Crippen LogP contribution >= 0.6 is 0 Å². The third-order valence-electron chi connectivity index (χ3n) is 9.05. The third-order valence-corrected chi connectivity index (χ3v) is 9.05. The molecule has 6 heteroatoms. The molecule has 4 unspecified atom stereocenters. The van der Waals surface area contributed by atoms with Crippen LogP contribution in [0.25, 0.3) is 0 Å². The van der Waals surface area contributed by atoms with Gasteiger partial charge in [-0.3, -0.25) is 9.97 Å². The van der Waals surface area contributed by atoms with Crippen molar-refractivity contribution >= 4 is 0 Å². The SMILES string of the molecule is C.CCC(C)C.CCC(C)c1ccc(C)cc1.CCC(C)c1cccc(C)c1.CCC(C)c1cccnc1.CCC(C)c1ccncc1.[CH3-].[CH3-].[CH3-].[CH3-].[Y].[Y].[Y].[Y]. The number of hydrogen-bond acceptors (Lipinski definition) is 2. The molecule has 2 aromatic carbocycles. The molecule has 0 fully saturated rings. The number of hydrogen-bond donors (Lipinski definition) is 0. The van der Waals surface area contributed by atoms with Crippen LogP contribution in [0, 0.1) is 49.5 Å². The zero-order chi connectivity index (χ0) is 35.6. The fraction of sp³-hybridized carbons (Fsp3) is 0.480. The van der Waals surface area contributed by atoms with Crippen molar-refractivity contribution in [3.05, 3.63) is 161 Å². The number of aromatic nitrogens is 2. The van der Waals surface area contributed by atoms with E-state index in [2.05, 4.69) is 167 Å². The van der Waals surface area contributed by atoms with Crippen LogP contribution in [0.15, 0.2) is 97.6 Å². The Morgan fingerprint density at radius 1 is 0.411 bits per heavy atom. The molecular formula is C50H86N2Y4-4. The molecule has 0 bridgehead atoms. The van der Waals surface area contributed by atoms with Crippen LogP contribution in [-0.4, -0.2) is 9.97 Å². The normalized spacial score (nSPS) is 10.6. The minimum Gasteiger partial charge on any atom is -0.358 e. The maximum Gasteiger partial charge on any atom is 0.0302 e. The van der Waals surface area contributed by atoms with Crippen LogP contribution in [-0.2, 0) is 131 Å². The van der Waals surface area contributed by atoms with Gasteiger partial charge in [0.05, 0.1) is 0 Å². The summed E-state index contributed by atoms with van der Waals surface area (Å²) in [6, 6.07) is 25.8. The van der Waals surface area contributed by atoms with Gasteiger partial charge in [-0.05, 0) is 110 Å². The standard InChI is InChI=1S/2C11H16.2C9H13N.C5H12.CH4.4CH3.4Y/c1-4-10(3)11-7-5-9(2)6-8-11;1-4-10(3)11-7-5-6-9(2)8-11;1-3-8(2)9-4-6-10-7-5-9;1-3-8(2)9-5-4-6-10-7-9;1-4-5(2)3;;;;;;;;;/h2*5-8,10H,4H2,1-3H3;2*4-8H,3H2,1-2H3;5H,4H2,1-3H3;1H4;4*1H3;;;;/q;;;;;;4*-1;;;;. The summed E-state index contributed by atoms with van der Waals surface area (Å²) in [7, 11) is 0. The average molecular weight is 1070 g/mol. The largest absolute Gasteiger partial charge is 0.358 e. The summed E-state index contributed by atoms with van der Waals surface area (Å²) in [6.45, 7) is 28.8. The molecule has 4 radical (unpaired) electrons. The van der Waals surface area contributed by atoms with E-state index in [1.54, 1.807) is 0 Å². The smallest absolute Gasteiger partial charge is 0.0302 e. The number of nitrogens with zero attached hydrogens (tertiary/aromatic N) is 2. The first-order valence-electron chi connectivity index (χ1n) is 18.4. The Morgan fingerprint density at radius 3 is 1.14 bits per heavy atom. The van der Waals surface area contributed by atoms with Crippen molar-refractivity contribution < 1.29 is 131 Å². The molecule has 0 spiro atoms. The fourth-order valence-electron chi connectivity index (χ4n) is 4.17. The van der Waals surface area contributed by atoms with E-state index in [-0.39, 0.29) is 168 Å². The summed E-state index contributed by atoms with van der Waals surface area (Å²) < 4.78 is 0. The van der Waals surface area contributed by atoms with Gasteiger partial charge in [0, 0.05) is 156 Å². The molecule has 2 aromatic heterocycles. The van der Waals surface area contributed by atoms with Gasteiger partial charge in [0.15, 0.2) is 0 Å². The van der Waals surface area contributed by atoms with Crippen molar-refractivity contribution in [1.29, 1.82) is 0 Å². The van der Waals surface area contributed by atoms with Crippen LogP contribution in [0.5, 0.6) is 0 Å². The number of rotatable bonds is 9. The predicted octanol–water partition coefficient (Wildman–Crippen LogP) is 16.7. The molecule has 2 heterocycles. The summed E-state index contributed by atoms with van der Waals surface area (Å²) in [5, 5.41) is 0. The molecule has 56 heavy (non-hydrogen) atoms. The molecule has 0 saturated carbocycles. The van der Waals surface area contributed by atoms with E-state index in [1.807, 2.05) is 30.9 Å². The van der Waals surface area contributed by atoms with Crippen LogP contribution in [0.4, 0.5) is 0 Å². The van der Waals surface area contributed by atoms with Gasteiger partial charge < -0.3 is 29.7 Å². The van der Waals surface area contributed by atoms with Gasteiger partial charge in [-0.1, -0.05) is 156 Å². The molecule has 4 aromatic rings. The second-order valence-electron chi connectivity index (χ2n) is 13.4. The first-order valence-corrected chi connectivity index (χ1v) is 18.4. The Balaban J connectivity index is -0.0000000576. The first kappa shape index (κ1) is 81.1. The van der Waals surface area contributed by atoms with Crippen molar-refractivity contribution in [2.75, 3.05) is 0 Å². The van der Waals surface area contributed by atoms with Crippen LogP contribution in [0.2, 0.25) is 0 Å². The van der Waals surface area contributed by atoms with E-state index >= 15 is 0 Å². The Morgan fingerprint density at radius 2 is 0.786 bits per heavy atom. The average Bonchev–Trinajstić information content (AvgIpc) is 3.12. The second-order valence-corrected chi connectivity index (χ2v) is 13.4.